The summed E-state index contributed by atoms with van der Waals surface area (Å²) in [4.78, 5) is 11.3. The number of nitrogens with zero attached hydrogens (tertiary/aromatic N) is 4. The average Bonchev–Trinajstić information content (AvgIpc) is 3.29. The van der Waals surface area contributed by atoms with Gasteiger partial charge in [0.2, 0.25) is 6.54 Å². The molecule has 1 atom stereocenters. The van der Waals surface area contributed by atoms with E-state index in [1.165, 1.54) is 11.8 Å². The second kappa shape index (κ2) is 13.1. The molecule has 204 valence electrons. The zero-order valence-corrected chi connectivity index (χ0v) is 23.8. The van der Waals surface area contributed by atoms with Crippen LogP contribution in [0.1, 0.15) is 29.1 Å². The fourth-order valence-electron chi connectivity index (χ4n) is 3.82. The molecule has 12 heteroatoms. The Morgan fingerprint density at radius 2 is 1.77 bits per heavy atom. The Labute approximate surface area is 240 Å². The molecule has 0 amide bonds. The minimum atomic E-state index is -0.566. The first kappa shape index (κ1) is 28.5. The molecule has 0 saturated heterocycles. The first-order valence-corrected chi connectivity index (χ1v) is 13.6. The Morgan fingerprint density at radius 1 is 1.00 bits per heavy atom. The van der Waals surface area contributed by atoms with Crippen molar-refractivity contribution in [1.29, 1.82) is 0 Å². The van der Waals surface area contributed by atoms with E-state index in [1.54, 1.807) is 37.4 Å². The summed E-state index contributed by atoms with van der Waals surface area (Å²) >= 11 is 13.4. The van der Waals surface area contributed by atoms with Gasteiger partial charge in [0.05, 0.1) is 23.8 Å². The highest BCUT2D eigenvalue weighted by Crippen LogP contribution is 2.40. The normalized spacial score (nSPS) is 11.7. The van der Waals surface area contributed by atoms with Crippen LogP contribution < -0.4 is 14.2 Å². The summed E-state index contributed by atoms with van der Waals surface area (Å²) < 4.78 is 18.9. The van der Waals surface area contributed by atoms with Gasteiger partial charge in [-0.1, -0.05) is 47.1 Å². The molecule has 0 aliphatic rings. The standard InChI is InChI=1S/C27H26Cl2N4O5S/c1-4-37-25-14-19(6-12-24(25)38-16-18-5-11-22(28)23(29)13-18)26(15-32(34)35)39-27-31-30-17(2)33(27)20-7-9-21(36-3)10-8-20/h5-14,26H,4,15-16H2,1-3H3/t26-/m1/s1. The smallest absolute Gasteiger partial charge is 0.220 e. The van der Waals surface area contributed by atoms with Gasteiger partial charge in [0, 0.05) is 10.6 Å². The molecule has 0 aliphatic heterocycles. The minimum Gasteiger partial charge on any atom is -0.497 e. The van der Waals surface area contributed by atoms with Crippen molar-refractivity contribution in [1.82, 2.24) is 14.8 Å². The molecule has 0 bridgehead atoms. The first-order valence-electron chi connectivity index (χ1n) is 12.0. The van der Waals surface area contributed by atoms with Crippen LogP contribution in [0.4, 0.5) is 0 Å². The van der Waals surface area contributed by atoms with Crippen LogP contribution in [0.2, 0.25) is 10.0 Å². The zero-order chi connectivity index (χ0) is 27.9. The van der Waals surface area contributed by atoms with Gasteiger partial charge in [-0.15, -0.1) is 10.2 Å². The maximum Gasteiger partial charge on any atom is 0.220 e. The summed E-state index contributed by atoms with van der Waals surface area (Å²) in [7, 11) is 1.60. The number of benzene rings is 3. The summed E-state index contributed by atoms with van der Waals surface area (Å²) in [5.41, 5.74) is 2.36. The summed E-state index contributed by atoms with van der Waals surface area (Å²) in [6.45, 7) is 4.00. The van der Waals surface area contributed by atoms with Crippen LogP contribution in [0.15, 0.2) is 65.8 Å². The molecule has 0 spiro atoms. The predicted molar refractivity (Wildman–Crippen MR) is 152 cm³/mol. The van der Waals surface area contributed by atoms with E-state index in [1.807, 2.05) is 48.7 Å². The lowest BCUT2D eigenvalue weighted by Crippen LogP contribution is -2.11. The number of ether oxygens (including phenoxy) is 3. The van der Waals surface area contributed by atoms with Gasteiger partial charge in [-0.25, -0.2) is 0 Å². The van der Waals surface area contributed by atoms with Gasteiger partial charge in [-0.2, -0.15) is 0 Å². The number of aromatic nitrogens is 3. The quantitative estimate of drug-likeness (QED) is 0.0991. The summed E-state index contributed by atoms with van der Waals surface area (Å²) in [5, 5.41) is 21.0. The maximum atomic E-state index is 11.7. The van der Waals surface area contributed by atoms with Crippen LogP contribution in [-0.4, -0.2) is 39.9 Å². The van der Waals surface area contributed by atoms with Crippen molar-refractivity contribution < 1.29 is 19.1 Å². The molecule has 0 aliphatic carbocycles. The molecule has 9 nitrogen and oxygen atoms in total. The molecule has 39 heavy (non-hydrogen) atoms. The van der Waals surface area contributed by atoms with Crippen molar-refractivity contribution in [3.63, 3.8) is 0 Å². The molecular formula is C27H26Cl2N4O5S. The highest BCUT2D eigenvalue weighted by Gasteiger charge is 2.25. The van der Waals surface area contributed by atoms with E-state index in [0.717, 1.165) is 17.0 Å². The third-order valence-corrected chi connectivity index (χ3v) is 7.63. The second-order valence-electron chi connectivity index (χ2n) is 8.36. The molecule has 4 rings (SSSR count). The number of halogens is 2. The van der Waals surface area contributed by atoms with Crippen LogP contribution >= 0.6 is 35.0 Å². The molecule has 0 radical (unpaired) electrons. The van der Waals surface area contributed by atoms with Crippen LogP contribution in [0.3, 0.4) is 0 Å². The Bertz CT molecular complexity index is 1450. The second-order valence-corrected chi connectivity index (χ2v) is 10.3. The number of hydrogen-bond donors (Lipinski definition) is 0. The van der Waals surface area contributed by atoms with Gasteiger partial charge in [0.1, 0.15) is 23.4 Å². The fourth-order valence-corrected chi connectivity index (χ4v) is 5.31. The van der Waals surface area contributed by atoms with E-state index in [-0.39, 0.29) is 18.1 Å². The summed E-state index contributed by atoms with van der Waals surface area (Å²) in [6.07, 6.45) is 0. The Kier molecular flexibility index (Phi) is 9.55. The fraction of sp³-hybridized carbons (Fsp3) is 0.259. The Morgan fingerprint density at radius 3 is 2.44 bits per heavy atom. The topological polar surface area (TPSA) is 102 Å². The summed E-state index contributed by atoms with van der Waals surface area (Å²) in [6, 6.07) is 18.0. The highest BCUT2D eigenvalue weighted by molar-refractivity contribution is 7.99. The van der Waals surface area contributed by atoms with Crippen molar-refractivity contribution >= 4 is 35.0 Å². The lowest BCUT2D eigenvalue weighted by atomic mass is 10.1. The van der Waals surface area contributed by atoms with E-state index in [9.17, 15) is 10.1 Å². The molecule has 0 fully saturated rings. The van der Waals surface area contributed by atoms with E-state index >= 15 is 0 Å². The van der Waals surface area contributed by atoms with Crippen molar-refractivity contribution in [3.8, 4) is 22.9 Å². The van der Waals surface area contributed by atoms with Crippen molar-refractivity contribution in [3.05, 3.63) is 97.8 Å². The third kappa shape index (κ3) is 7.14. The van der Waals surface area contributed by atoms with Gasteiger partial charge >= 0.3 is 0 Å². The van der Waals surface area contributed by atoms with E-state index < -0.39 is 5.25 Å². The van der Waals surface area contributed by atoms with E-state index in [2.05, 4.69) is 10.2 Å². The lowest BCUT2D eigenvalue weighted by molar-refractivity contribution is -0.479. The van der Waals surface area contributed by atoms with Crippen molar-refractivity contribution in [2.45, 2.75) is 30.9 Å². The number of rotatable bonds is 12. The monoisotopic (exact) mass is 588 g/mol. The number of aryl methyl sites for hydroxylation is 1. The molecular weight excluding hydrogens is 563 g/mol. The maximum absolute atomic E-state index is 11.7. The molecule has 1 aromatic heterocycles. The van der Waals surface area contributed by atoms with Gasteiger partial charge in [0.15, 0.2) is 16.7 Å². The molecule has 4 aromatic rings. The van der Waals surface area contributed by atoms with Crippen LogP contribution in [0.5, 0.6) is 17.2 Å². The van der Waals surface area contributed by atoms with E-state index in [4.69, 9.17) is 37.4 Å². The number of thioether (sulfide) groups is 1. The molecule has 3 aromatic carbocycles. The minimum absolute atomic E-state index is 0.244. The van der Waals surface area contributed by atoms with Gasteiger partial charge < -0.3 is 14.2 Å². The van der Waals surface area contributed by atoms with Crippen molar-refractivity contribution in [2.24, 2.45) is 0 Å². The molecule has 0 unspecified atom stereocenters. The zero-order valence-electron chi connectivity index (χ0n) is 21.5. The van der Waals surface area contributed by atoms with Crippen LogP contribution in [-0.2, 0) is 6.61 Å². The molecule has 1 heterocycles. The van der Waals surface area contributed by atoms with Crippen LogP contribution in [0, 0.1) is 17.0 Å². The van der Waals surface area contributed by atoms with Gasteiger partial charge in [0.25, 0.3) is 0 Å². The van der Waals surface area contributed by atoms with Crippen LogP contribution in [0.25, 0.3) is 5.69 Å². The average molecular weight is 590 g/mol. The SMILES string of the molecule is CCOc1cc([C@@H](C[N+](=O)[O-])Sc2nnc(C)n2-c2ccc(OC)cc2)ccc1OCc1ccc(Cl)c(Cl)c1. The Balaban J connectivity index is 1.61. The molecule has 0 saturated carbocycles. The number of methoxy groups -OCH3 is 1. The first-order chi connectivity index (χ1) is 18.8. The van der Waals surface area contributed by atoms with E-state index in [0.29, 0.717) is 44.7 Å². The number of nitro groups is 1. The predicted octanol–water partition coefficient (Wildman–Crippen LogP) is 6.98. The molecule has 0 N–H and O–H groups in total. The van der Waals surface area contributed by atoms with Gasteiger partial charge in [-0.05, 0) is 73.5 Å². The lowest BCUT2D eigenvalue weighted by Gasteiger charge is -2.17. The number of hydrogen-bond acceptors (Lipinski definition) is 8. The third-order valence-electron chi connectivity index (χ3n) is 5.71. The summed E-state index contributed by atoms with van der Waals surface area (Å²) in [5.74, 6) is 2.36. The van der Waals surface area contributed by atoms with Crippen molar-refractivity contribution in [2.75, 3.05) is 20.3 Å². The van der Waals surface area contributed by atoms with Gasteiger partial charge in [-0.3, -0.25) is 14.7 Å². The highest BCUT2D eigenvalue weighted by atomic mass is 35.5. The Hall–Kier alpha value is -3.47. The largest absolute Gasteiger partial charge is 0.497 e.